The van der Waals surface area contributed by atoms with Crippen LogP contribution >= 0.6 is 12.2 Å². The molecule has 0 aliphatic rings. The molecule has 1 aromatic carbocycles. The minimum Gasteiger partial charge on any atom is -0.508 e. The average Bonchev–Trinajstić information content (AvgIpc) is 2.08. The number of phenolic OH excluding ortho intramolecular Hbond substituents is 1. The summed E-state index contributed by atoms with van der Waals surface area (Å²) >= 11 is 4.44. The molecule has 0 radical (unpaired) electrons. The third-order valence-electron chi connectivity index (χ3n) is 1.33. The molecule has 0 spiro atoms. The van der Waals surface area contributed by atoms with Crippen molar-refractivity contribution in [2.75, 3.05) is 7.11 Å². The van der Waals surface area contributed by atoms with E-state index in [2.05, 4.69) is 22.4 Å². The van der Waals surface area contributed by atoms with Gasteiger partial charge in [0.05, 0.1) is 12.3 Å². The number of aromatic hydroxyl groups is 1. The zero-order chi connectivity index (χ0) is 8.97. The lowest BCUT2D eigenvalue weighted by molar-refractivity contribution is 0.409. The van der Waals surface area contributed by atoms with E-state index in [0.717, 1.165) is 0 Å². The fraction of sp³-hybridized carbons (Fsp3) is 0.125. The molecule has 0 aliphatic heterocycles. The predicted molar refractivity (Wildman–Crippen MR) is 49.3 cm³/mol. The highest BCUT2D eigenvalue weighted by Crippen LogP contribution is 2.30. The normalized spacial score (nSPS) is 8.75. The second-order valence-electron chi connectivity index (χ2n) is 2.06. The van der Waals surface area contributed by atoms with Crippen LogP contribution in [-0.2, 0) is 0 Å². The van der Waals surface area contributed by atoms with Gasteiger partial charge in [-0.05, 0) is 24.4 Å². The van der Waals surface area contributed by atoms with E-state index >= 15 is 0 Å². The van der Waals surface area contributed by atoms with E-state index < -0.39 is 0 Å². The van der Waals surface area contributed by atoms with Crippen molar-refractivity contribution in [1.82, 2.24) is 0 Å². The molecule has 0 atom stereocenters. The first-order chi connectivity index (χ1) is 5.77. The number of methoxy groups -OCH3 is 1. The molecule has 0 amide bonds. The van der Waals surface area contributed by atoms with Crippen molar-refractivity contribution < 1.29 is 9.84 Å². The molecule has 4 heteroatoms. The summed E-state index contributed by atoms with van der Waals surface area (Å²) in [5, 5.41) is 11.3. The Balaban J connectivity index is 3.19. The van der Waals surface area contributed by atoms with Gasteiger partial charge in [0.15, 0.2) is 0 Å². The molecular formula is C8H7NO2S. The van der Waals surface area contributed by atoms with E-state index in [1.165, 1.54) is 19.2 Å². The van der Waals surface area contributed by atoms with Gasteiger partial charge in [-0.1, -0.05) is 0 Å². The summed E-state index contributed by atoms with van der Waals surface area (Å²) in [7, 11) is 1.50. The molecule has 0 heterocycles. The number of aliphatic imine (C=N–C) groups is 1. The lowest BCUT2D eigenvalue weighted by atomic mass is 10.3. The van der Waals surface area contributed by atoms with Gasteiger partial charge in [-0.2, -0.15) is 4.99 Å². The molecule has 0 bridgehead atoms. The fourth-order valence-corrected chi connectivity index (χ4v) is 0.906. The SMILES string of the molecule is COc1cc(O)ccc1N=C=S. The first kappa shape index (κ1) is 8.71. The zero-order valence-electron chi connectivity index (χ0n) is 6.44. The maximum Gasteiger partial charge on any atom is 0.148 e. The highest BCUT2D eigenvalue weighted by atomic mass is 32.1. The van der Waals surface area contributed by atoms with Crippen molar-refractivity contribution in [2.45, 2.75) is 0 Å². The Morgan fingerprint density at radius 3 is 2.92 bits per heavy atom. The molecule has 0 fully saturated rings. The van der Waals surface area contributed by atoms with Gasteiger partial charge in [-0.25, -0.2) is 0 Å². The monoisotopic (exact) mass is 181 g/mol. The largest absolute Gasteiger partial charge is 0.508 e. The average molecular weight is 181 g/mol. The molecular weight excluding hydrogens is 174 g/mol. The number of hydrogen-bond acceptors (Lipinski definition) is 4. The van der Waals surface area contributed by atoms with Gasteiger partial charge in [-0.3, -0.25) is 0 Å². The molecule has 0 unspecified atom stereocenters. The van der Waals surface area contributed by atoms with Crippen LogP contribution in [0.25, 0.3) is 0 Å². The van der Waals surface area contributed by atoms with Crippen molar-refractivity contribution in [3.8, 4) is 11.5 Å². The van der Waals surface area contributed by atoms with E-state index in [1.807, 2.05) is 0 Å². The predicted octanol–water partition coefficient (Wildman–Crippen LogP) is 2.14. The highest BCUT2D eigenvalue weighted by Gasteiger charge is 2.00. The Labute approximate surface area is 75.3 Å². The maximum absolute atomic E-state index is 9.07. The van der Waals surface area contributed by atoms with Crippen LogP contribution in [0.2, 0.25) is 0 Å². The minimum atomic E-state index is 0.134. The third kappa shape index (κ3) is 1.81. The third-order valence-corrected chi connectivity index (χ3v) is 1.42. The number of ether oxygens (including phenoxy) is 1. The molecule has 1 N–H and O–H groups in total. The second-order valence-corrected chi connectivity index (χ2v) is 2.24. The molecule has 3 nitrogen and oxygen atoms in total. The fourth-order valence-electron chi connectivity index (χ4n) is 0.808. The van der Waals surface area contributed by atoms with Gasteiger partial charge in [0.25, 0.3) is 0 Å². The van der Waals surface area contributed by atoms with Gasteiger partial charge in [0, 0.05) is 6.07 Å². The molecule has 1 rings (SSSR count). The summed E-state index contributed by atoms with van der Waals surface area (Å²) < 4.78 is 4.94. The molecule has 0 saturated carbocycles. The lowest BCUT2D eigenvalue weighted by Gasteiger charge is -2.02. The lowest BCUT2D eigenvalue weighted by Crippen LogP contribution is -1.82. The number of phenols is 1. The summed E-state index contributed by atoms with van der Waals surface area (Å²) in [5.74, 6) is 0.613. The summed E-state index contributed by atoms with van der Waals surface area (Å²) in [4.78, 5) is 3.75. The molecule has 1 aromatic rings. The number of thiocarbonyl (C=S) groups is 1. The number of nitrogens with zero attached hydrogens (tertiary/aromatic N) is 1. The Morgan fingerprint density at radius 1 is 1.58 bits per heavy atom. The van der Waals surface area contributed by atoms with Gasteiger partial charge < -0.3 is 9.84 Å². The number of hydrogen-bond donors (Lipinski definition) is 1. The van der Waals surface area contributed by atoms with Gasteiger partial charge in [0.2, 0.25) is 0 Å². The van der Waals surface area contributed by atoms with E-state index in [9.17, 15) is 0 Å². The number of benzene rings is 1. The van der Waals surface area contributed by atoms with Crippen molar-refractivity contribution >= 4 is 23.1 Å². The number of isothiocyanates is 1. The molecule has 62 valence electrons. The first-order valence-corrected chi connectivity index (χ1v) is 3.63. The number of rotatable bonds is 2. The van der Waals surface area contributed by atoms with E-state index in [0.29, 0.717) is 11.4 Å². The van der Waals surface area contributed by atoms with Gasteiger partial charge in [-0.15, -0.1) is 0 Å². The standard InChI is InChI=1S/C8H7NO2S/c1-11-8-4-6(10)2-3-7(8)9-5-12/h2-4,10H,1H3. The second kappa shape index (κ2) is 3.85. The Bertz CT molecular complexity index is 332. The van der Waals surface area contributed by atoms with Crippen molar-refractivity contribution in [3.63, 3.8) is 0 Å². The molecule has 12 heavy (non-hydrogen) atoms. The van der Waals surface area contributed by atoms with Crippen LogP contribution < -0.4 is 4.74 Å². The van der Waals surface area contributed by atoms with E-state index in [-0.39, 0.29) is 5.75 Å². The van der Waals surface area contributed by atoms with E-state index in [1.54, 1.807) is 6.07 Å². The van der Waals surface area contributed by atoms with E-state index in [4.69, 9.17) is 9.84 Å². The smallest absolute Gasteiger partial charge is 0.148 e. The molecule has 0 aliphatic carbocycles. The molecule has 0 saturated heterocycles. The van der Waals surface area contributed by atoms with Crippen molar-refractivity contribution in [3.05, 3.63) is 18.2 Å². The Morgan fingerprint density at radius 2 is 2.33 bits per heavy atom. The summed E-state index contributed by atoms with van der Waals surface area (Å²) in [5.41, 5.74) is 0.560. The van der Waals surface area contributed by atoms with Crippen LogP contribution in [-0.4, -0.2) is 17.4 Å². The quantitative estimate of drug-likeness (QED) is 0.561. The summed E-state index contributed by atoms with van der Waals surface area (Å²) in [6.45, 7) is 0. The zero-order valence-corrected chi connectivity index (χ0v) is 7.26. The van der Waals surface area contributed by atoms with Crippen LogP contribution in [0.1, 0.15) is 0 Å². The van der Waals surface area contributed by atoms with Crippen LogP contribution in [0.4, 0.5) is 5.69 Å². The Hall–Kier alpha value is -1.38. The minimum absolute atomic E-state index is 0.134. The van der Waals surface area contributed by atoms with Crippen LogP contribution in [0.3, 0.4) is 0 Å². The van der Waals surface area contributed by atoms with Crippen LogP contribution in [0, 0.1) is 0 Å². The summed E-state index contributed by atoms with van der Waals surface area (Å²) in [6, 6.07) is 4.58. The topological polar surface area (TPSA) is 41.8 Å². The maximum atomic E-state index is 9.07. The van der Waals surface area contributed by atoms with Gasteiger partial charge >= 0.3 is 0 Å². The first-order valence-electron chi connectivity index (χ1n) is 3.23. The highest BCUT2D eigenvalue weighted by molar-refractivity contribution is 7.78. The molecule has 0 aromatic heterocycles. The van der Waals surface area contributed by atoms with Crippen LogP contribution in [0.5, 0.6) is 11.5 Å². The van der Waals surface area contributed by atoms with Crippen molar-refractivity contribution in [2.24, 2.45) is 4.99 Å². The van der Waals surface area contributed by atoms with Crippen molar-refractivity contribution in [1.29, 1.82) is 0 Å². The van der Waals surface area contributed by atoms with Crippen LogP contribution in [0.15, 0.2) is 23.2 Å². The van der Waals surface area contributed by atoms with Gasteiger partial charge in [0.1, 0.15) is 17.2 Å². The Kier molecular flexibility index (Phi) is 2.80. The summed E-state index contributed by atoms with van der Waals surface area (Å²) in [6.07, 6.45) is 0.